The Balaban J connectivity index is 4.35. The average molecular weight is 244 g/mol. The third-order valence-electron chi connectivity index (χ3n) is 3.22. The number of esters is 1. The van der Waals surface area contributed by atoms with Crippen LogP contribution in [0.25, 0.3) is 0 Å². The molecule has 0 aliphatic heterocycles. The number of ether oxygens (including phenoxy) is 2. The van der Waals surface area contributed by atoms with E-state index in [0.29, 0.717) is 18.3 Å². The highest BCUT2D eigenvalue weighted by Gasteiger charge is 2.26. The molecule has 3 nitrogen and oxygen atoms in total. The molecule has 102 valence electrons. The SMILES string of the molecule is CC[C@H](C)[C@H](C)[C@@H](CC(=O)OC(C)(C)C)OC. The van der Waals surface area contributed by atoms with Crippen LogP contribution in [0.4, 0.5) is 0 Å². The van der Waals surface area contributed by atoms with E-state index in [0.717, 1.165) is 6.42 Å². The molecule has 0 aromatic rings. The van der Waals surface area contributed by atoms with Gasteiger partial charge >= 0.3 is 5.97 Å². The van der Waals surface area contributed by atoms with Crippen LogP contribution in [-0.2, 0) is 14.3 Å². The van der Waals surface area contributed by atoms with Gasteiger partial charge in [0.05, 0.1) is 12.5 Å². The molecule has 0 radical (unpaired) electrons. The number of carbonyl (C=O) groups excluding carboxylic acids is 1. The number of rotatable bonds is 6. The largest absolute Gasteiger partial charge is 0.460 e. The molecule has 0 unspecified atom stereocenters. The van der Waals surface area contributed by atoms with Crippen molar-refractivity contribution in [2.24, 2.45) is 11.8 Å². The van der Waals surface area contributed by atoms with Gasteiger partial charge in [-0.05, 0) is 32.6 Å². The van der Waals surface area contributed by atoms with Crippen LogP contribution in [0.5, 0.6) is 0 Å². The van der Waals surface area contributed by atoms with Crippen molar-refractivity contribution in [1.82, 2.24) is 0 Å². The summed E-state index contributed by atoms with van der Waals surface area (Å²) in [6, 6.07) is 0. The van der Waals surface area contributed by atoms with Crippen molar-refractivity contribution in [3.05, 3.63) is 0 Å². The first-order valence-electron chi connectivity index (χ1n) is 6.45. The Bertz CT molecular complexity index is 230. The van der Waals surface area contributed by atoms with Gasteiger partial charge in [0.25, 0.3) is 0 Å². The molecule has 0 aliphatic rings. The molecule has 0 aromatic carbocycles. The summed E-state index contributed by atoms with van der Waals surface area (Å²) in [6.07, 6.45) is 1.37. The molecule has 0 rings (SSSR count). The Labute approximate surface area is 106 Å². The summed E-state index contributed by atoms with van der Waals surface area (Å²) in [5.74, 6) is 0.722. The predicted molar refractivity (Wildman–Crippen MR) is 69.9 cm³/mol. The fourth-order valence-corrected chi connectivity index (χ4v) is 1.77. The molecule has 0 saturated heterocycles. The standard InChI is InChI=1S/C14H28O3/c1-8-10(2)11(3)12(16-7)9-13(15)17-14(4,5)6/h10-12H,8-9H2,1-7H3/t10-,11-,12+/m0/s1. The van der Waals surface area contributed by atoms with Gasteiger partial charge in [0.2, 0.25) is 0 Å². The first-order valence-corrected chi connectivity index (χ1v) is 6.45. The van der Waals surface area contributed by atoms with E-state index in [9.17, 15) is 4.79 Å². The van der Waals surface area contributed by atoms with Gasteiger partial charge in [-0.2, -0.15) is 0 Å². The van der Waals surface area contributed by atoms with Gasteiger partial charge in [-0.15, -0.1) is 0 Å². The van der Waals surface area contributed by atoms with Crippen LogP contribution >= 0.6 is 0 Å². The lowest BCUT2D eigenvalue weighted by Gasteiger charge is -2.28. The number of methoxy groups -OCH3 is 1. The molecule has 3 heteroatoms. The van der Waals surface area contributed by atoms with E-state index in [2.05, 4.69) is 20.8 Å². The Hall–Kier alpha value is -0.570. The van der Waals surface area contributed by atoms with Gasteiger partial charge in [0.15, 0.2) is 0 Å². The number of hydrogen-bond donors (Lipinski definition) is 0. The number of hydrogen-bond acceptors (Lipinski definition) is 3. The van der Waals surface area contributed by atoms with Gasteiger partial charge in [0, 0.05) is 7.11 Å². The van der Waals surface area contributed by atoms with Crippen LogP contribution in [0, 0.1) is 11.8 Å². The molecule has 0 aromatic heterocycles. The van der Waals surface area contributed by atoms with Crippen LogP contribution in [-0.4, -0.2) is 24.8 Å². The highest BCUT2D eigenvalue weighted by Crippen LogP contribution is 2.23. The van der Waals surface area contributed by atoms with Crippen LogP contribution < -0.4 is 0 Å². The van der Waals surface area contributed by atoms with Crippen molar-refractivity contribution in [1.29, 1.82) is 0 Å². The van der Waals surface area contributed by atoms with Gasteiger partial charge in [0.1, 0.15) is 5.60 Å². The van der Waals surface area contributed by atoms with Crippen molar-refractivity contribution >= 4 is 5.97 Å². The molecular weight excluding hydrogens is 216 g/mol. The summed E-state index contributed by atoms with van der Waals surface area (Å²) < 4.78 is 10.7. The maximum Gasteiger partial charge on any atom is 0.308 e. The minimum atomic E-state index is -0.422. The molecule has 0 heterocycles. The minimum absolute atomic E-state index is 0.0557. The highest BCUT2D eigenvalue weighted by molar-refractivity contribution is 5.70. The molecule has 0 spiro atoms. The molecule has 0 bridgehead atoms. The van der Waals surface area contributed by atoms with Crippen LogP contribution in [0.1, 0.15) is 54.4 Å². The van der Waals surface area contributed by atoms with E-state index in [1.807, 2.05) is 20.8 Å². The number of carbonyl (C=O) groups is 1. The van der Waals surface area contributed by atoms with Crippen LogP contribution in [0.2, 0.25) is 0 Å². The van der Waals surface area contributed by atoms with E-state index in [4.69, 9.17) is 9.47 Å². The fraction of sp³-hybridized carbons (Fsp3) is 0.929. The van der Waals surface area contributed by atoms with Gasteiger partial charge in [-0.25, -0.2) is 0 Å². The Kier molecular flexibility index (Phi) is 6.76. The molecule has 0 saturated carbocycles. The van der Waals surface area contributed by atoms with Crippen molar-refractivity contribution in [2.75, 3.05) is 7.11 Å². The quantitative estimate of drug-likeness (QED) is 0.672. The van der Waals surface area contributed by atoms with Crippen LogP contribution in [0.3, 0.4) is 0 Å². The van der Waals surface area contributed by atoms with E-state index in [1.54, 1.807) is 7.11 Å². The molecule has 0 amide bonds. The van der Waals surface area contributed by atoms with E-state index in [-0.39, 0.29) is 12.1 Å². The zero-order valence-electron chi connectivity index (χ0n) is 12.4. The lowest BCUT2D eigenvalue weighted by Crippen LogP contribution is -2.32. The minimum Gasteiger partial charge on any atom is -0.460 e. The summed E-state index contributed by atoms with van der Waals surface area (Å²) in [5.41, 5.74) is -0.422. The molecular formula is C14H28O3. The zero-order valence-corrected chi connectivity index (χ0v) is 12.4. The summed E-state index contributed by atoms with van der Waals surface area (Å²) in [7, 11) is 1.66. The maximum absolute atomic E-state index is 11.7. The summed E-state index contributed by atoms with van der Waals surface area (Å²) in [5, 5.41) is 0. The van der Waals surface area contributed by atoms with E-state index >= 15 is 0 Å². The topological polar surface area (TPSA) is 35.5 Å². The molecule has 3 atom stereocenters. The second-order valence-electron chi connectivity index (χ2n) is 5.81. The van der Waals surface area contributed by atoms with Crippen molar-refractivity contribution in [3.8, 4) is 0 Å². The summed E-state index contributed by atoms with van der Waals surface area (Å²) in [6.45, 7) is 12.1. The third-order valence-corrected chi connectivity index (χ3v) is 3.22. The molecule has 0 N–H and O–H groups in total. The van der Waals surface area contributed by atoms with Crippen molar-refractivity contribution in [2.45, 2.75) is 66.1 Å². The maximum atomic E-state index is 11.7. The summed E-state index contributed by atoms with van der Waals surface area (Å²) in [4.78, 5) is 11.7. The van der Waals surface area contributed by atoms with Gasteiger partial charge in [-0.3, -0.25) is 4.79 Å². The normalized spacial score (nSPS) is 17.4. The summed E-state index contributed by atoms with van der Waals surface area (Å²) >= 11 is 0. The lowest BCUT2D eigenvalue weighted by molar-refractivity contribution is -0.158. The molecule has 17 heavy (non-hydrogen) atoms. The monoisotopic (exact) mass is 244 g/mol. The second kappa shape index (κ2) is 7.00. The molecule has 0 aliphatic carbocycles. The van der Waals surface area contributed by atoms with Gasteiger partial charge < -0.3 is 9.47 Å². The third kappa shape index (κ3) is 6.67. The van der Waals surface area contributed by atoms with E-state index in [1.165, 1.54) is 0 Å². The molecule has 0 fully saturated rings. The Morgan fingerprint density at radius 2 is 1.76 bits per heavy atom. The zero-order chi connectivity index (χ0) is 13.6. The van der Waals surface area contributed by atoms with Gasteiger partial charge in [-0.1, -0.05) is 27.2 Å². The average Bonchev–Trinajstić information content (AvgIpc) is 2.21. The first-order chi connectivity index (χ1) is 7.71. The fourth-order valence-electron chi connectivity index (χ4n) is 1.77. The van der Waals surface area contributed by atoms with Crippen LogP contribution in [0.15, 0.2) is 0 Å². The van der Waals surface area contributed by atoms with Crippen molar-refractivity contribution in [3.63, 3.8) is 0 Å². The first kappa shape index (κ1) is 16.4. The van der Waals surface area contributed by atoms with Crippen molar-refractivity contribution < 1.29 is 14.3 Å². The Morgan fingerprint density at radius 3 is 2.12 bits per heavy atom. The Morgan fingerprint density at radius 1 is 1.24 bits per heavy atom. The smallest absolute Gasteiger partial charge is 0.308 e. The lowest BCUT2D eigenvalue weighted by atomic mass is 9.87. The highest BCUT2D eigenvalue weighted by atomic mass is 16.6. The second-order valence-corrected chi connectivity index (χ2v) is 5.81. The van der Waals surface area contributed by atoms with E-state index < -0.39 is 5.60 Å². The predicted octanol–water partition coefficient (Wildman–Crippen LogP) is 3.42.